The summed E-state index contributed by atoms with van der Waals surface area (Å²) in [5.41, 5.74) is 6.37. The number of nitrogens with zero attached hydrogens (tertiary/aromatic N) is 5. The molecule has 0 aliphatic heterocycles. The van der Waals surface area contributed by atoms with E-state index in [0.29, 0.717) is 0 Å². The number of rotatable bonds is 20. The Hall–Kier alpha value is -3.23. The zero-order chi connectivity index (χ0) is 43.0. The third-order valence-corrected chi connectivity index (χ3v) is 24.6. The summed E-state index contributed by atoms with van der Waals surface area (Å²) in [6.07, 6.45) is 0. The number of anilines is 5. The maximum absolute atomic E-state index is 6.67. The Bertz CT molecular complexity index is 1820. The van der Waals surface area contributed by atoms with Gasteiger partial charge in [0.15, 0.2) is 0 Å². The second-order valence-corrected chi connectivity index (χ2v) is 26.8. The van der Waals surface area contributed by atoms with Crippen LogP contribution in [0.25, 0.3) is 0 Å². The van der Waals surface area contributed by atoms with Crippen molar-refractivity contribution in [3.8, 4) is 0 Å². The zero-order valence-corrected chi connectivity index (χ0v) is 43.0. The minimum Gasteiger partial charge on any atom is -0.372 e. The minimum atomic E-state index is -2.20. The van der Waals surface area contributed by atoms with Gasteiger partial charge in [0, 0.05) is 62.4 Å². The van der Waals surface area contributed by atoms with Gasteiger partial charge in [-0.1, -0.05) is 48.2 Å². The molecule has 0 atom stereocenters. The summed E-state index contributed by atoms with van der Waals surface area (Å²) in [6, 6.07) is 42.9. The Labute approximate surface area is 374 Å². The summed E-state index contributed by atoms with van der Waals surface area (Å²) in [7, 11) is 5.97. The fraction of sp³-hybridized carbons (Fsp3) is 0.400. The SMILES string of the molecule is CCN(CC)c1cc[c]([Sn](=[S])[c]2ccc(N(CC)CC)cc2)cc1.CCN(CC)c1ccc(P(=S)(c2ccc(N(CC)CC)cc2)c2ccc(N(CC)CC)cc2)cc1. The van der Waals surface area contributed by atoms with Crippen molar-refractivity contribution < 1.29 is 0 Å². The molecule has 316 valence electrons. The van der Waals surface area contributed by atoms with Gasteiger partial charge in [0.2, 0.25) is 0 Å². The number of benzene rings is 5. The molecule has 0 N–H and O–H groups in total. The first-order valence-corrected chi connectivity index (χ1v) is 31.6. The van der Waals surface area contributed by atoms with Crippen LogP contribution < -0.4 is 47.6 Å². The molecule has 0 heterocycles. The van der Waals surface area contributed by atoms with Gasteiger partial charge in [0.25, 0.3) is 0 Å². The quantitative estimate of drug-likeness (QED) is 0.0564. The molecule has 0 aromatic heterocycles. The van der Waals surface area contributed by atoms with Crippen LogP contribution in [0.1, 0.15) is 69.2 Å². The van der Waals surface area contributed by atoms with Gasteiger partial charge >= 0.3 is 158 Å². The first-order chi connectivity index (χ1) is 28.6. The molecule has 0 radical (unpaired) electrons. The molecule has 0 amide bonds. The normalized spacial score (nSPS) is 11.0. The van der Waals surface area contributed by atoms with Gasteiger partial charge < -0.3 is 14.7 Å². The summed E-state index contributed by atoms with van der Waals surface area (Å²) in [6.45, 7) is 32.2. The average molecular weight is 955 g/mol. The topological polar surface area (TPSA) is 16.2 Å². The Morgan fingerprint density at radius 2 is 0.492 bits per heavy atom. The van der Waals surface area contributed by atoms with Gasteiger partial charge in [-0.2, -0.15) is 0 Å². The van der Waals surface area contributed by atoms with Gasteiger partial charge in [-0.3, -0.25) is 0 Å². The fourth-order valence-electron chi connectivity index (χ4n) is 7.83. The van der Waals surface area contributed by atoms with Crippen LogP contribution in [0, 0.1) is 0 Å². The molecule has 0 bridgehead atoms. The number of hydrogen-bond acceptors (Lipinski definition) is 7. The predicted molar refractivity (Wildman–Crippen MR) is 276 cm³/mol. The molecule has 59 heavy (non-hydrogen) atoms. The van der Waals surface area contributed by atoms with Gasteiger partial charge in [-0.15, -0.1) is 0 Å². The third kappa shape index (κ3) is 12.0. The van der Waals surface area contributed by atoms with E-state index in [1.165, 1.54) is 51.5 Å². The molecular weight excluding hydrogens is 884 g/mol. The van der Waals surface area contributed by atoms with Crippen molar-refractivity contribution in [3.05, 3.63) is 121 Å². The standard InChI is InChI=1S/C30H42N3PS.2C10H14N.S.Sn/c1-7-31(8-2)25-13-19-28(20-14-25)34(35,29-21-15-26(16-22-29)32(9-3)10-4)30-23-17-27(18-24-30)33(11-5)12-6;2*1-3-11(4-2)10-8-6-5-7-9-10;;/h13-24H,7-12H2,1-6H3;2*6-9H,3-4H2,1-2H3;;. The van der Waals surface area contributed by atoms with Crippen LogP contribution in [-0.2, 0) is 11.8 Å². The maximum Gasteiger partial charge on any atom is 0.0379 e. The summed E-state index contributed by atoms with van der Waals surface area (Å²) < 4.78 is 2.78. The van der Waals surface area contributed by atoms with Crippen molar-refractivity contribution in [2.75, 3.05) is 89.9 Å². The van der Waals surface area contributed by atoms with E-state index in [2.05, 4.69) is 215 Å². The van der Waals surface area contributed by atoms with Crippen LogP contribution in [0.15, 0.2) is 121 Å². The van der Waals surface area contributed by atoms with E-state index < -0.39 is 23.9 Å². The summed E-state index contributed by atoms with van der Waals surface area (Å²) in [5, 5.41) is 3.73. The third-order valence-electron chi connectivity index (χ3n) is 11.5. The second kappa shape index (κ2) is 24.3. The van der Waals surface area contributed by atoms with Gasteiger partial charge in [-0.05, 0) is 93.9 Å². The summed E-state index contributed by atoms with van der Waals surface area (Å²) in [5.74, 6) is 0. The molecule has 0 aliphatic carbocycles. The smallest absolute Gasteiger partial charge is 0.0379 e. The molecular formula is C50H70N5PS2Sn. The molecule has 5 rings (SSSR count). The molecule has 0 aliphatic rings. The minimum absolute atomic E-state index is 1.00. The molecule has 0 fully saturated rings. The van der Waals surface area contributed by atoms with Crippen molar-refractivity contribution in [1.82, 2.24) is 0 Å². The Kier molecular flexibility index (Phi) is 19.9. The van der Waals surface area contributed by atoms with Crippen LogP contribution in [0.3, 0.4) is 0 Å². The van der Waals surface area contributed by atoms with Crippen LogP contribution >= 0.6 is 15.3 Å². The monoisotopic (exact) mass is 955 g/mol. The van der Waals surface area contributed by atoms with Crippen LogP contribution in [-0.4, -0.2) is 83.3 Å². The Morgan fingerprint density at radius 1 is 0.322 bits per heavy atom. The van der Waals surface area contributed by atoms with E-state index in [1.54, 1.807) is 0 Å². The first kappa shape index (κ1) is 48.4. The molecule has 0 saturated heterocycles. The first-order valence-electron chi connectivity index (χ1n) is 22.0. The van der Waals surface area contributed by atoms with Gasteiger partial charge in [0.05, 0.1) is 0 Å². The van der Waals surface area contributed by atoms with E-state index >= 15 is 0 Å². The van der Waals surface area contributed by atoms with Crippen LogP contribution in [0.5, 0.6) is 0 Å². The molecule has 0 saturated carbocycles. The molecule has 0 unspecified atom stereocenters. The van der Waals surface area contributed by atoms with Crippen molar-refractivity contribution in [2.45, 2.75) is 69.2 Å². The van der Waals surface area contributed by atoms with Gasteiger partial charge in [0.1, 0.15) is 0 Å². The van der Waals surface area contributed by atoms with Crippen molar-refractivity contribution in [2.24, 2.45) is 0 Å². The number of hydrogen-bond donors (Lipinski definition) is 0. The van der Waals surface area contributed by atoms with E-state index in [0.717, 1.165) is 65.4 Å². The Balaban J connectivity index is 0.000000280. The average Bonchev–Trinajstić information content (AvgIpc) is 3.29. The predicted octanol–water partition coefficient (Wildman–Crippen LogP) is 9.66. The van der Waals surface area contributed by atoms with Crippen molar-refractivity contribution in [3.63, 3.8) is 0 Å². The van der Waals surface area contributed by atoms with E-state index in [1.807, 2.05) is 0 Å². The zero-order valence-electron chi connectivity index (χ0n) is 37.6. The van der Waals surface area contributed by atoms with E-state index in [-0.39, 0.29) is 0 Å². The molecule has 9 heteroatoms. The molecule has 5 aromatic carbocycles. The largest absolute Gasteiger partial charge is 0.372 e. The van der Waals surface area contributed by atoms with Gasteiger partial charge in [-0.25, -0.2) is 0 Å². The summed E-state index contributed by atoms with van der Waals surface area (Å²) >= 11 is 4.53. The van der Waals surface area contributed by atoms with Crippen molar-refractivity contribution in [1.29, 1.82) is 0 Å². The maximum atomic E-state index is 6.67. The second-order valence-electron chi connectivity index (χ2n) is 14.4. The van der Waals surface area contributed by atoms with Crippen LogP contribution in [0.4, 0.5) is 28.4 Å². The molecule has 0 spiro atoms. The van der Waals surface area contributed by atoms with Crippen LogP contribution in [0.2, 0.25) is 0 Å². The van der Waals surface area contributed by atoms with E-state index in [9.17, 15) is 0 Å². The summed E-state index contributed by atoms with van der Waals surface area (Å²) in [4.78, 5) is 11.9. The fourth-order valence-corrected chi connectivity index (χ4v) is 17.0. The van der Waals surface area contributed by atoms with Crippen molar-refractivity contribution >= 4 is 96.5 Å². The Morgan fingerprint density at radius 3 is 0.661 bits per heavy atom. The molecule has 5 nitrogen and oxygen atoms in total. The van der Waals surface area contributed by atoms with E-state index in [4.69, 9.17) is 21.1 Å². The molecule has 5 aromatic rings.